The highest BCUT2D eigenvalue weighted by molar-refractivity contribution is 7.84. The van der Waals surface area contributed by atoms with Crippen LogP contribution in [0.1, 0.15) is 5.69 Å². The molecule has 0 spiro atoms. The molecule has 1 unspecified atom stereocenters. The fraction of sp³-hybridized carbons (Fsp3) is 0.333. The lowest BCUT2D eigenvalue weighted by molar-refractivity contribution is 0.687. The normalized spacial score (nSPS) is 12.1. The van der Waals surface area contributed by atoms with Gasteiger partial charge in [0.2, 0.25) is 0 Å². The largest absolute Gasteiger partial charge is 0.388 e. The summed E-state index contributed by atoms with van der Waals surface area (Å²) in [6.45, 7) is 0.664. The summed E-state index contributed by atoms with van der Waals surface area (Å²) in [6, 6.07) is 3.60. The topological polar surface area (TPSA) is 68.0 Å². The minimum atomic E-state index is -0.775. The minimum Gasteiger partial charge on any atom is -0.388 e. The first-order valence-electron chi connectivity index (χ1n) is 4.39. The van der Waals surface area contributed by atoms with Crippen LogP contribution >= 0.6 is 12.2 Å². The standard InChI is InChI=1S/C9H13N3OS2/c1-15(13)5-4-11-7-2-3-8(9(10)14)12-6-7/h2-3,6,11H,4-5H2,1H3,(H2,10,14). The smallest absolute Gasteiger partial charge is 0.122 e. The first-order chi connectivity index (χ1) is 7.09. The van der Waals surface area contributed by atoms with Gasteiger partial charge in [-0.3, -0.25) is 9.19 Å². The number of hydrogen-bond acceptors (Lipinski definition) is 4. The van der Waals surface area contributed by atoms with Crippen LogP contribution in [0.4, 0.5) is 5.69 Å². The summed E-state index contributed by atoms with van der Waals surface area (Å²) in [5.41, 5.74) is 6.89. The highest BCUT2D eigenvalue weighted by atomic mass is 32.2. The van der Waals surface area contributed by atoms with Gasteiger partial charge in [-0.25, -0.2) is 0 Å². The molecule has 0 saturated carbocycles. The van der Waals surface area contributed by atoms with E-state index < -0.39 is 10.8 Å². The number of anilines is 1. The SMILES string of the molecule is CS(=O)CCNc1ccc(C(N)=S)nc1. The second kappa shape index (κ2) is 5.77. The third-order valence-electron chi connectivity index (χ3n) is 1.73. The van der Waals surface area contributed by atoms with Crippen LogP contribution in [-0.2, 0) is 10.8 Å². The number of thiocarbonyl (C=S) groups is 1. The van der Waals surface area contributed by atoms with Gasteiger partial charge >= 0.3 is 0 Å². The predicted octanol–water partition coefficient (Wildman–Crippen LogP) is 0.506. The molecule has 82 valence electrons. The molecular weight excluding hydrogens is 230 g/mol. The number of pyridine rings is 1. The van der Waals surface area contributed by atoms with E-state index in [0.29, 0.717) is 18.0 Å². The Hall–Kier alpha value is -1.01. The maximum absolute atomic E-state index is 10.8. The number of hydrogen-bond donors (Lipinski definition) is 2. The quantitative estimate of drug-likeness (QED) is 0.737. The van der Waals surface area contributed by atoms with Crippen molar-refractivity contribution < 1.29 is 4.21 Å². The van der Waals surface area contributed by atoms with Crippen molar-refractivity contribution in [1.29, 1.82) is 0 Å². The first-order valence-corrected chi connectivity index (χ1v) is 6.53. The maximum Gasteiger partial charge on any atom is 0.122 e. The summed E-state index contributed by atoms with van der Waals surface area (Å²) in [5, 5.41) is 3.10. The molecule has 4 nitrogen and oxygen atoms in total. The van der Waals surface area contributed by atoms with E-state index in [1.54, 1.807) is 18.5 Å². The van der Waals surface area contributed by atoms with Gasteiger partial charge in [0.05, 0.1) is 17.6 Å². The second-order valence-electron chi connectivity index (χ2n) is 3.00. The van der Waals surface area contributed by atoms with Crippen LogP contribution in [0, 0.1) is 0 Å². The Morgan fingerprint density at radius 3 is 2.87 bits per heavy atom. The van der Waals surface area contributed by atoms with E-state index in [1.165, 1.54) is 0 Å². The lowest BCUT2D eigenvalue weighted by atomic mass is 10.3. The summed E-state index contributed by atoms with van der Waals surface area (Å²) in [4.78, 5) is 4.36. The molecule has 0 fully saturated rings. The summed E-state index contributed by atoms with van der Waals surface area (Å²) < 4.78 is 10.8. The van der Waals surface area contributed by atoms with Crippen LogP contribution in [0.3, 0.4) is 0 Å². The molecule has 6 heteroatoms. The summed E-state index contributed by atoms with van der Waals surface area (Å²) in [5.74, 6) is 0.622. The van der Waals surface area contributed by atoms with Crippen molar-refractivity contribution in [2.75, 3.05) is 23.9 Å². The average molecular weight is 243 g/mol. The molecular formula is C9H13N3OS2. The number of nitrogens with zero attached hydrogens (tertiary/aromatic N) is 1. The summed E-state index contributed by atoms with van der Waals surface area (Å²) in [7, 11) is -0.775. The molecule has 0 bridgehead atoms. The molecule has 0 aliphatic carbocycles. The van der Waals surface area contributed by atoms with Crippen molar-refractivity contribution in [2.24, 2.45) is 5.73 Å². The molecule has 0 amide bonds. The molecule has 0 saturated heterocycles. The molecule has 1 rings (SSSR count). The third-order valence-corrected chi connectivity index (χ3v) is 2.72. The highest BCUT2D eigenvalue weighted by Crippen LogP contribution is 2.05. The highest BCUT2D eigenvalue weighted by Gasteiger charge is 1.98. The fourth-order valence-corrected chi connectivity index (χ4v) is 1.49. The Morgan fingerprint density at radius 1 is 1.67 bits per heavy atom. The van der Waals surface area contributed by atoms with Gasteiger partial charge in [-0.15, -0.1) is 0 Å². The van der Waals surface area contributed by atoms with E-state index in [9.17, 15) is 4.21 Å². The molecule has 1 heterocycles. The van der Waals surface area contributed by atoms with Gasteiger partial charge in [0.1, 0.15) is 4.99 Å². The van der Waals surface area contributed by atoms with Crippen molar-refractivity contribution in [2.45, 2.75) is 0 Å². The van der Waals surface area contributed by atoms with Gasteiger partial charge in [-0.2, -0.15) is 0 Å². The monoisotopic (exact) mass is 243 g/mol. The van der Waals surface area contributed by atoms with Crippen LogP contribution in [0.2, 0.25) is 0 Å². The van der Waals surface area contributed by atoms with E-state index in [-0.39, 0.29) is 4.99 Å². The average Bonchev–Trinajstić information content (AvgIpc) is 2.18. The van der Waals surface area contributed by atoms with Gasteiger partial charge in [0.25, 0.3) is 0 Å². The number of aromatic nitrogens is 1. The molecule has 0 radical (unpaired) electrons. The fourth-order valence-electron chi connectivity index (χ4n) is 0.983. The first kappa shape index (κ1) is 12.1. The molecule has 0 aliphatic rings. The minimum absolute atomic E-state index is 0.288. The van der Waals surface area contributed by atoms with Gasteiger partial charge in [-0.1, -0.05) is 12.2 Å². The van der Waals surface area contributed by atoms with E-state index in [0.717, 1.165) is 5.69 Å². The van der Waals surface area contributed by atoms with E-state index >= 15 is 0 Å². The zero-order chi connectivity index (χ0) is 11.3. The third kappa shape index (κ3) is 4.35. The molecule has 1 aromatic heterocycles. The molecule has 0 aromatic carbocycles. The Labute approximate surface area is 96.7 Å². The lowest BCUT2D eigenvalue weighted by Crippen LogP contribution is -2.13. The van der Waals surface area contributed by atoms with Crippen LogP contribution < -0.4 is 11.1 Å². The van der Waals surface area contributed by atoms with Crippen LogP contribution in [0.5, 0.6) is 0 Å². The van der Waals surface area contributed by atoms with Crippen molar-refractivity contribution in [1.82, 2.24) is 4.98 Å². The Bertz CT molecular complexity index is 364. The summed E-state index contributed by atoms with van der Waals surface area (Å²) in [6.07, 6.45) is 3.34. The van der Waals surface area contributed by atoms with E-state index in [1.807, 2.05) is 6.07 Å². The molecule has 15 heavy (non-hydrogen) atoms. The van der Waals surface area contributed by atoms with Gasteiger partial charge in [0, 0.05) is 29.4 Å². The van der Waals surface area contributed by atoms with Gasteiger partial charge in [-0.05, 0) is 12.1 Å². The molecule has 1 atom stereocenters. The van der Waals surface area contributed by atoms with Crippen LogP contribution in [0.25, 0.3) is 0 Å². The second-order valence-corrected chi connectivity index (χ2v) is 4.99. The molecule has 0 aliphatic heterocycles. The van der Waals surface area contributed by atoms with Gasteiger partial charge in [0.15, 0.2) is 0 Å². The lowest BCUT2D eigenvalue weighted by Gasteiger charge is -2.05. The van der Waals surface area contributed by atoms with Crippen molar-refractivity contribution in [3.05, 3.63) is 24.0 Å². The number of rotatable bonds is 5. The Kier molecular flexibility index (Phi) is 4.64. The Balaban J connectivity index is 2.50. The number of nitrogens with two attached hydrogens (primary N) is 1. The number of nitrogens with one attached hydrogen (secondary N) is 1. The van der Waals surface area contributed by atoms with Crippen molar-refractivity contribution in [3.63, 3.8) is 0 Å². The summed E-state index contributed by atoms with van der Waals surface area (Å²) >= 11 is 4.78. The molecule has 1 aromatic rings. The maximum atomic E-state index is 10.8. The van der Waals surface area contributed by atoms with E-state index in [2.05, 4.69) is 10.3 Å². The molecule has 3 N–H and O–H groups in total. The zero-order valence-electron chi connectivity index (χ0n) is 8.40. The predicted molar refractivity (Wildman–Crippen MR) is 67.5 cm³/mol. The zero-order valence-corrected chi connectivity index (χ0v) is 10.0. The van der Waals surface area contributed by atoms with Crippen molar-refractivity contribution in [3.8, 4) is 0 Å². The van der Waals surface area contributed by atoms with E-state index in [4.69, 9.17) is 18.0 Å². The van der Waals surface area contributed by atoms with Crippen LogP contribution in [-0.4, -0.2) is 32.7 Å². The van der Waals surface area contributed by atoms with Crippen molar-refractivity contribution >= 4 is 33.7 Å². The van der Waals surface area contributed by atoms with Gasteiger partial charge < -0.3 is 11.1 Å². The van der Waals surface area contributed by atoms with Crippen LogP contribution in [0.15, 0.2) is 18.3 Å². The Morgan fingerprint density at radius 2 is 2.40 bits per heavy atom.